The molecule has 9 nitrogen and oxygen atoms in total. The molecule has 0 spiro atoms. The number of methoxy groups -OCH3 is 4. The number of sulfonamides is 1. The maximum atomic E-state index is 13.7. The minimum absolute atomic E-state index is 0.0602. The Morgan fingerprint density at radius 2 is 1.51 bits per heavy atom. The van der Waals surface area contributed by atoms with Crippen LogP contribution in [0, 0.1) is 0 Å². The van der Waals surface area contributed by atoms with Gasteiger partial charge < -0.3 is 24.3 Å². The second-order valence-corrected chi connectivity index (χ2v) is 10.1. The summed E-state index contributed by atoms with van der Waals surface area (Å²) in [5.74, 6) is -0.268. The number of nitrogens with zero attached hydrogens (tertiary/aromatic N) is 1. The van der Waals surface area contributed by atoms with Crippen molar-refractivity contribution in [1.82, 2.24) is 0 Å². The zero-order chi connectivity index (χ0) is 29.0. The predicted molar refractivity (Wildman–Crippen MR) is 139 cm³/mol. The smallest absolute Gasteiger partial charge is 0.416 e. The van der Waals surface area contributed by atoms with Crippen molar-refractivity contribution in [2.45, 2.75) is 11.1 Å². The van der Waals surface area contributed by atoms with Crippen molar-refractivity contribution in [3.8, 4) is 23.0 Å². The molecule has 3 rings (SSSR count). The van der Waals surface area contributed by atoms with Crippen molar-refractivity contribution < 1.29 is 45.3 Å². The molecule has 0 radical (unpaired) electrons. The van der Waals surface area contributed by atoms with E-state index in [0.717, 1.165) is 24.3 Å². The van der Waals surface area contributed by atoms with Crippen LogP contribution >= 0.6 is 11.6 Å². The normalized spacial score (nSPS) is 11.5. The lowest BCUT2D eigenvalue weighted by atomic mass is 10.2. The van der Waals surface area contributed by atoms with Crippen molar-refractivity contribution in [2.24, 2.45) is 0 Å². The van der Waals surface area contributed by atoms with E-state index in [0.29, 0.717) is 10.4 Å². The number of amides is 1. The number of carbonyl (C=O) groups excluding carboxylic acids is 1. The number of nitrogens with one attached hydrogen (secondary N) is 1. The van der Waals surface area contributed by atoms with Crippen LogP contribution < -0.4 is 28.6 Å². The third-order valence-corrected chi connectivity index (χ3v) is 7.50. The fraction of sp³-hybridized carbons (Fsp3) is 0.240. The molecular formula is C25H24ClF3N2O7S. The summed E-state index contributed by atoms with van der Waals surface area (Å²) >= 11 is 6.09. The van der Waals surface area contributed by atoms with Crippen molar-refractivity contribution in [1.29, 1.82) is 0 Å². The maximum Gasteiger partial charge on any atom is 0.416 e. The van der Waals surface area contributed by atoms with E-state index in [1.165, 1.54) is 52.7 Å². The summed E-state index contributed by atoms with van der Waals surface area (Å²) in [7, 11) is 0.715. The summed E-state index contributed by atoms with van der Waals surface area (Å²) in [6, 6.07) is 9.99. The Morgan fingerprint density at radius 3 is 2.10 bits per heavy atom. The SMILES string of the molecule is COc1cc(NC(=O)CN(c2cccc(C(F)(F)F)c2)S(=O)(=O)c2ccc(OC)c(OC)c2)c(OC)cc1Cl. The van der Waals surface area contributed by atoms with Gasteiger partial charge in [0.05, 0.1) is 55.3 Å². The van der Waals surface area contributed by atoms with Gasteiger partial charge in [-0.1, -0.05) is 17.7 Å². The predicted octanol–water partition coefficient (Wildman–Crippen LogP) is 5.23. The molecule has 0 unspecified atom stereocenters. The van der Waals surface area contributed by atoms with Gasteiger partial charge in [-0.05, 0) is 30.3 Å². The first kappa shape index (κ1) is 29.7. The lowest BCUT2D eigenvalue weighted by Gasteiger charge is -2.25. The van der Waals surface area contributed by atoms with E-state index in [1.807, 2.05) is 0 Å². The maximum absolute atomic E-state index is 13.7. The molecule has 0 heterocycles. The van der Waals surface area contributed by atoms with Crippen LogP contribution in [0.25, 0.3) is 0 Å². The van der Waals surface area contributed by atoms with Gasteiger partial charge in [0, 0.05) is 18.2 Å². The van der Waals surface area contributed by atoms with Crippen LogP contribution in [0.5, 0.6) is 23.0 Å². The Hall–Kier alpha value is -3.84. The second kappa shape index (κ2) is 11.9. The highest BCUT2D eigenvalue weighted by Gasteiger charge is 2.34. The molecule has 0 fully saturated rings. The zero-order valence-corrected chi connectivity index (χ0v) is 22.7. The number of hydrogen-bond donors (Lipinski definition) is 1. The Bertz CT molecular complexity index is 1470. The Balaban J connectivity index is 2.09. The average Bonchev–Trinajstić information content (AvgIpc) is 2.91. The quantitative estimate of drug-likeness (QED) is 0.346. The summed E-state index contributed by atoms with van der Waals surface area (Å²) in [5.41, 5.74) is -1.40. The van der Waals surface area contributed by atoms with E-state index >= 15 is 0 Å². The molecule has 0 aliphatic heterocycles. The first-order valence-corrected chi connectivity index (χ1v) is 12.8. The lowest BCUT2D eigenvalue weighted by molar-refractivity contribution is -0.137. The molecule has 0 saturated heterocycles. The first-order valence-electron chi connectivity index (χ1n) is 11.0. The van der Waals surface area contributed by atoms with Crippen LogP contribution in [0.4, 0.5) is 24.5 Å². The van der Waals surface area contributed by atoms with Crippen LogP contribution in [0.15, 0.2) is 59.5 Å². The largest absolute Gasteiger partial charge is 0.495 e. The third kappa shape index (κ3) is 6.60. The van der Waals surface area contributed by atoms with Gasteiger partial charge in [-0.2, -0.15) is 13.2 Å². The van der Waals surface area contributed by atoms with Crippen LogP contribution in [0.3, 0.4) is 0 Å². The topological polar surface area (TPSA) is 103 Å². The summed E-state index contributed by atoms with van der Waals surface area (Å²) < 4.78 is 89.0. The van der Waals surface area contributed by atoms with Crippen LogP contribution in [0.2, 0.25) is 5.02 Å². The number of benzene rings is 3. The van der Waals surface area contributed by atoms with E-state index < -0.39 is 39.9 Å². The lowest BCUT2D eigenvalue weighted by Crippen LogP contribution is -2.38. The minimum atomic E-state index is -4.76. The van der Waals surface area contributed by atoms with Gasteiger partial charge >= 0.3 is 6.18 Å². The Kier molecular flexibility index (Phi) is 9.07. The highest BCUT2D eigenvalue weighted by molar-refractivity contribution is 7.92. The second-order valence-electron chi connectivity index (χ2n) is 7.81. The highest BCUT2D eigenvalue weighted by atomic mass is 35.5. The van der Waals surface area contributed by atoms with E-state index in [-0.39, 0.29) is 38.6 Å². The van der Waals surface area contributed by atoms with Gasteiger partial charge in [-0.3, -0.25) is 9.10 Å². The van der Waals surface area contributed by atoms with Crippen molar-refractivity contribution in [3.05, 3.63) is 65.2 Å². The van der Waals surface area contributed by atoms with Gasteiger partial charge in [-0.25, -0.2) is 8.42 Å². The standard InChI is InChI=1S/C25H24ClF3N2O7S/c1-35-20-9-8-17(11-23(20)38-4)39(33,34)31(16-7-5-6-15(10-16)25(27,28)29)14-24(32)30-19-13-21(36-2)18(26)12-22(19)37-3/h5-13H,14H2,1-4H3,(H,30,32). The molecule has 0 aliphatic carbocycles. The van der Waals surface area contributed by atoms with Gasteiger partial charge in [0.2, 0.25) is 5.91 Å². The molecular weight excluding hydrogens is 565 g/mol. The van der Waals surface area contributed by atoms with E-state index in [9.17, 15) is 26.4 Å². The van der Waals surface area contributed by atoms with Crippen molar-refractivity contribution in [2.75, 3.05) is 44.6 Å². The van der Waals surface area contributed by atoms with Gasteiger partial charge in [-0.15, -0.1) is 0 Å². The molecule has 0 bridgehead atoms. The molecule has 3 aromatic rings. The van der Waals surface area contributed by atoms with E-state index in [1.54, 1.807) is 0 Å². The highest BCUT2D eigenvalue weighted by Crippen LogP contribution is 2.37. The van der Waals surface area contributed by atoms with Gasteiger partial charge in [0.25, 0.3) is 10.0 Å². The third-order valence-electron chi connectivity index (χ3n) is 5.44. The zero-order valence-electron chi connectivity index (χ0n) is 21.1. The van der Waals surface area contributed by atoms with Crippen molar-refractivity contribution in [3.63, 3.8) is 0 Å². The number of halogens is 4. The Morgan fingerprint density at radius 1 is 0.872 bits per heavy atom. The Labute approximate surface area is 228 Å². The minimum Gasteiger partial charge on any atom is -0.495 e. The summed E-state index contributed by atoms with van der Waals surface area (Å²) in [6.45, 7) is -0.897. The molecule has 14 heteroatoms. The molecule has 0 atom stereocenters. The summed E-state index contributed by atoms with van der Waals surface area (Å²) in [6.07, 6.45) is -4.76. The summed E-state index contributed by atoms with van der Waals surface area (Å²) in [5, 5.41) is 2.69. The molecule has 0 saturated carbocycles. The molecule has 1 amide bonds. The molecule has 3 aromatic carbocycles. The van der Waals surface area contributed by atoms with Crippen LogP contribution in [0.1, 0.15) is 5.56 Å². The van der Waals surface area contributed by atoms with Gasteiger partial charge in [0.1, 0.15) is 18.0 Å². The number of carbonyl (C=O) groups is 1. The molecule has 1 N–H and O–H groups in total. The molecule has 0 aliphatic rings. The number of hydrogen-bond acceptors (Lipinski definition) is 7. The molecule has 210 valence electrons. The van der Waals surface area contributed by atoms with Crippen LogP contribution in [-0.2, 0) is 21.0 Å². The van der Waals surface area contributed by atoms with E-state index in [2.05, 4.69) is 5.32 Å². The van der Waals surface area contributed by atoms with Gasteiger partial charge in [0.15, 0.2) is 11.5 Å². The number of alkyl halides is 3. The van der Waals surface area contributed by atoms with Crippen molar-refractivity contribution >= 4 is 38.9 Å². The number of anilines is 2. The van der Waals surface area contributed by atoms with Crippen LogP contribution in [-0.4, -0.2) is 49.3 Å². The van der Waals surface area contributed by atoms with E-state index in [4.69, 9.17) is 30.5 Å². The first-order chi connectivity index (χ1) is 18.3. The number of rotatable bonds is 10. The monoisotopic (exact) mass is 588 g/mol. The fourth-order valence-electron chi connectivity index (χ4n) is 3.53. The fourth-order valence-corrected chi connectivity index (χ4v) is 5.19. The molecule has 0 aromatic heterocycles. The molecule has 39 heavy (non-hydrogen) atoms. The summed E-state index contributed by atoms with van der Waals surface area (Å²) in [4.78, 5) is 12.8. The number of ether oxygens (including phenoxy) is 4. The average molecular weight is 589 g/mol.